The highest BCUT2D eigenvalue weighted by Crippen LogP contribution is 2.40. The number of nitrogens with one attached hydrogen (secondary N) is 2. The molecule has 0 bridgehead atoms. The van der Waals surface area contributed by atoms with Crippen molar-refractivity contribution in [3.05, 3.63) is 105 Å². The van der Waals surface area contributed by atoms with Gasteiger partial charge in [-0.1, -0.05) is 12.2 Å². The molecule has 0 saturated heterocycles. The molecule has 2 N–H and O–H groups in total. The topological polar surface area (TPSA) is 97.9 Å². The van der Waals surface area contributed by atoms with Gasteiger partial charge in [0.1, 0.15) is 0 Å². The highest BCUT2D eigenvalue weighted by Gasteiger charge is 2.26. The molecule has 2 atom stereocenters. The summed E-state index contributed by atoms with van der Waals surface area (Å²) in [6, 6.07) is 17.1. The quantitative estimate of drug-likeness (QED) is 0.118. The standard InChI is InChI=1S/C44H54N2O8/c1-47-37-19-27(31(23-41(37)51-5)17-35-33-25-43(53-7)39(49-3)21-29(33)13-15-45-35)11-9-10-12-28-20-38(48-2)42(52-6)24-32(28)18-36-34-26-44(54-8)40(50-4)22-30(34)14-16-46-36/h9-10,19-26,35-36,45-46H,11-18H2,1-8H3/b10-9+. The maximum Gasteiger partial charge on any atom is 0.161 e. The summed E-state index contributed by atoms with van der Waals surface area (Å²) >= 11 is 0. The van der Waals surface area contributed by atoms with Gasteiger partial charge in [0.25, 0.3) is 0 Å². The first-order valence-electron chi connectivity index (χ1n) is 18.5. The van der Waals surface area contributed by atoms with E-state index in [4.69, 9.17) is 37.9 Å². The van der Waals surface area contributed by atoms with Crippen LogP contribution in [-0.4, -0.2) is 70.0 Å². The minimum Gasteiger partial charge on any atom is -0.493 e. The van der Waals surface area contributed by atoms with Gasteiger partial charge in [-0.15, -0.1) is 0 Å². The second kappa shape index (κ2) is 17.8. The van der Waals surface area contributed by atoms with Gasteiger partial charge in [0.15, 0.2) is 46.0 Å². The molecule has 4 aromatic rings. The summed E-state index contributed by atoms with van der Waals surface area (Å²) in [6.07, 6.45) is 9.35. The summed E-state index contributed by atoms with van der Waals surface area (Å²) in [5.41, 5.74) is 9.74. The van der Waals surface area contributed by atoms with Crippen LogP contribution in [0.4, 0.5) is 0 Å². The fourth-order valence-electron chi connectivity index (χ4n) is 7.85. The maximum atomic E-state index is 5.76. The predicted molar refractivity (Wildman–Crippen MR) is 211 cm³/mol. The van der Waals surface area contributed by atoms with Crippen molar-refractivity contribution in [2.75, 3.05) is 70.0 Å². The number of hydrogen-bond donors (Lipinski definition) is 2. The molecule has 0 radical (unpaired) electrons. The van der Waals surface area contributed by atoms with Crippen LogP contribution < -0.4 is 48.5 Å². The molecule has 2 unspecified atom stereocenters. The molecule has 2 heterocycles. The molecule has 0 spiro atoms. The van der Waals surface area contributed by atoms with Gasteiger partial charge in [-0.3, -0.25) is 0 Å². The number of rotatable bonds is 16. The third-order valence-corrected chi connectivity index (χ3v) is 10.7. The Kier molecular flexibility index (Phi) is 12.8. The Morgan fingerprint density at radius 2 is 0.722 bits per heavy atom. The van der Waals surface area contributed by atoms with E-state index in [9.17, 15) is 0 Å². The van der Waals surface area contributed by atoms with E-state index in [0.717, 1.165) is 74.6 Å². The van der Waals surface area contributed by atoms with Crippen LogP contribution in [0.3, 0.4) is 0 Å². The Hall–Kier alpha value is -5.06. The number of benzene rings is 4. The molecule has 10 nitrogen and oxygen atoms in total. The molecule has 6 rings (SSSR count). The first kappa shape index (κ1) is 38.7. The van der Waals surface area contributed by atoms with E-state index < -0.39 is 0 Å². The molecule has 2 aliphatic heterocycles. The molecule has 54 heavy (non-hydrogen) atoms. The Bertz CT molecular complexity index is 1820. The molecule has 4 aromatic carbocycles. The van der Waals surface area contributed by atoms with Crippen molar-refractivity contribution in [2.45, 2.75) is 50.6 Å². The van der Waals surface area contributed by atoms with Crippen LogP contribution in [0, 0.1) is 0 Å². The van der Waals surface area contributed by atoms with Crippen LogP contribution in [0.15, 0.2) is 60.7 Å². The lowest BCUT2D eigenvalue weighted by molar-refractivity contribution is 0.351. The molecule has 0 aliphatic carbocycles. The number of fused-ring (bicyclic) bond motifs is 2. The van der Waals surface area contributed by atoms with E-state index in [1.165, 1.54) is 44.5 Å². The van der Waals surface area contributed by atoms with Crippen molar-refractivity contribution in [1.82, 2.24) is 10.6 Å². The summed E-state index contributed by atoms with van der Waals surface area (Å²) in [5.74, 6) is 5.84. The fourth-order valence-corrected chi connectivity index (χ4v) is 7.85. The zero-order valence-corrected chi connectivity index (χ0v) is 32.9. The summed E-state index contributed by atoms with van der Waals surface area (Å²) in [7, 11) is 13.5. The molecule has 288 valence electrons. The average molecular weight is 739 g/mol. The molecule has 0 aromatic heterocycles. The van der Waals surface area contributed by atoms with Gasteiger partial charge in [-0.2, -0.15) is 0 Å². The summed E-state index contributed by atoms with van der Waals surface area (Å²) < 4.78 is 45.6. The van der Waals surface area contributed by atoms with E-state index >= 15 is 0 Å². The van der Waals surface area contributed by atoms with Crippen LogP contribution in [-0.2, 0) is 38.5 Å². The lowest BCUT2D eigenvalue weighted by atomic mass is 9.87. The zero-order valence-electron chi connectivity index (χ0n) is 32.9. The summed E-state index contributed by atoms with van der Waals surface area (Å²) in [4.78, 5) is 0. The van der Waals surface area contributed by atoms with Crippen LogP contribution in [0.5, 0.6) is 46.0 Å². The van der Waals surface area contributed by atoms with Crippen molar-refractivity contribution in [3.8, 4) is 46.0 Å². The molecule has 0 saturated carbocycles. The van der Waals surface area contributed by atoms with Crippen LogP contribution in [0.1, 0.15) is 56.6 Å². The Labute approximate surface area is 319 Å². The van der Waals surface area contributed by atoms with Crippen LogP contribution in [0.25, 0.3) is 0 Å². The molecule has 0 fully saturated rings. The second-order valence-corrected chi connectivity index (χ2v) is 13.6. The number of hydrogen-bond acceptors (Lipinski definition) is 10. The van der Waals surface area contributed by atoms with E-state index in [1.54, 1.807) is 56.9 Å². The third-order valence-electron chi connectivity index (χ3n) is 10.7. The highest BCUT2D eigenvalue weighted by atomic mass is 16.5. The van der Waals surface area contributed by atoms with Gasteiger partial charge < -0.3 is 48.5 Å². The largest absolute Gasteiger partial charge is 0.493 e. The smallest absolute Gasteiger partial charge is 0.161 e. The lowest BCUT2D eigenvalue weighted by Crippen LogP contribution is -2.31. The summed E-state index contributed by atoms with van der Waals surface area (Å²) in [6.45, 7) is 1.76. The van der Waals surface area contributed by atoms with Crippen LogP contribution >= 0.6 is 0 Å². The first-order valence-corrected chi connectivity index (χ1v) is 18.5. The van der Waals surface area contributed by atoms with Gasteiger partial charge in [-0.25, -0.2) is 0 Å². The second-order valence-electron chi connectivity index (χ2n) is 13.6. The van der Waals surface area contributed by atoms with Crippen molar-refractivity contribution in [2.24, 2.45) is 0 Å². The van der Waals surface area contributed by atoms with Gasteiger partial charge in [-0.05, 0) is 145 Å². The minimum absolute atomic E-state index is 0.100. The highest BCUT2D eigenvalue weighted by molar-refractivity contribution is 5.54. The van der Waals surface area contributed by atoms with Crippen molar-refractivity contribution < 1.29 is 37.9 Å². The van der Waals surface area contributed by atoms with Gasteiger partial charge in [0, 0.05) is 12.1 Å². The van der Waals surface area contributed by atoms with E-state index in [0.29, 0.717) is 23.0 Å². The monoisotopic (exact) mass is 738 g/mol. The number of ether oxygens (including phenoxy) is 8. The van der Waals surface area contributed by atoms with Crippen molar-refractivity contribution in [3.63, 3.8) is 0 Å². The van der Waals surface area contributed by atoms with Crippen LogP contribution in [0.2, 0.25) is 0 Å². The SMILES string of the molecule is COc1cc(C/C=C/Cc2cc(OC)c(OC)cc2CC2NCCc3cc(OC)c(OC)cc32)c(CC2NCCc3cc(OC)c(OC)cc32)cc1OC. The van der Waals surface area contributed by atoms with Crippen molar-refractivity contribution in [1.29, 1.82) is 0 Å². The van der Waals surface area contributed by atoms with Gasteiger partial charge in [0.2, 0.25) is 0 Å². The Balaban J connectivity index is 1.27. The van der Waals surface area contributed by atoms with E-state index in [-0.39, 0.29) is 12.1 Å². The Morgan fingerprint density at radius 3 is 1.06 bits per heavy atom. The fraction of sp³-hybridized carbons (Fsp3) is 0.409. The van der Waals surface area contributed by atoms with Crippen molar-refractivity contribution >= 4 is 0 Å². The molecule has 10 heteroatoms. The minimum atomic E-state index is 0.100. The third kappa shape index (κ3) is 8.20. The predicted octanol–water partition coefficient (Wildman–Crippen LogP) is 6.96. The molecule has 2 aliphatic rings. The molecular formula is C44H54N2O8. The lowest BCUT2D eigenvalue weighted by Gasteiger charge is -2.29. The van der Waals surface area contributed by atoms with E-state index in [2.05, 4.69) is 71.3 Å². The maximum absolute atomic E-state index is 5.76. The van der Waals surface area contributed by atoms with Gasteiger partial charge >= 0.3 is 0 Å². The molecule has 0 amide bonds. The Morgan fingerprint density at radius 1 is 0.426 bits per heavy atom. The zero-order chi connectivity index (χ0) is 38.2. The number of allylic oxidation sites excluding steroid dienone is 2. The van der Waals surface area contributed by atoms with Gasteiger partial charge in [0.05, 0.1) is 56.9 Å². The first-order chi connectivity index (χ1) is 26.4. The average Bonchev–Trinajstić information content (AvgIpc) is 3.21. The number of methoxy groups -OCH3 is 8. The molecular weight excluding hydrogens is 684 g/mol. The summed E-state index contributed by atoms with van der Waals surface area (Å²) in [5, 5.41) is 7.49. The van der Waals surface area contributed by atoms with E-state index in [1.807, 2.05) is 0 Å². The normalized spacial score (nSPS) is 16.3.